The second-order valence-corrected chi connectivity index (χ2v) is 22.9. The lowest BCUT2D eigenvalue weighted by Gasteiger charge is -2.29. The van der Waals surface area contributed by atoms with E-state index >= 15 is 0 Å². The van der Waals surface area contributed by atoms with Crippen molar-refractivity contribution in [1.29, 1.82) is 0 Å². The van der Waals surface area contributed by atoms with Crippen molar-refractivity contribution in [1.82, 2.24) is 9.55 Å². The number of nitrogens with zero attached hydrogens (tertiary/aromatic N) is 3. The van der Waals surface area contributed by atoms with Crippen LogP contribution < -0.4 is 15.0 Å². The SMILES string of the molecule is CN(c1cc(Oc2ccc3c4cc(-c5ccccc5)ccc4n(-c4cc(C(C)(C)C)ccn4)c3c2)cc(C(C)(C)C)c1)c1cccc(-c2ccccc2)c1Nc1cc(C(C)(C)C)cc(C(C)(C)C)c1. The van der Waals surface area contributed by atoms with Gasteiger partial charge in [0.25, 0.3) is 0 Å². The Morgan fingerprint density at radius 1 is 0.464 bits per heavy atom. The predicted molar refractivity (Wildman–Crippen MR) is 295 cm³/mol. The molecule has 5 nitrogen and oxygen atoms in total. The maximum absolute atomic E-state index is 7.04. The molecule has 5 heteroatoms. The Balaban J connectivity index is 1.17. The van der Waals surface area contributed by atoms with Crippen LogP contribution in [0.4, 0.5) is 22.7 Å². The number of rotatable bonds is 9. The molecule has 0 amide bonds. The number of nitrogens with one attached hydrogen (secondary N) is 1. The van der Waals surface area contributed by atoms with Crippen LogP contribution in [0.5, 0.6) is 11.5 Å². The first kappa shape index (κ1) is 47.0. The Morgan fingerprint density at radius 2 is 1.09 bits per heavy atom. The van der Waals surface area contributed by atoms with Crippen LogP contribution in [0.1, 0.15) is 105 Å². The van der Waals surface area contributed by atoms with Gasteiger partial charge in [-0.2, -0.15) is 0 Å². The van der Waals surface area contributed by atoms with E-state index in [1.165, 1.54) is 38.8 Å². The molecule has 0 atom stereocenters. The lowest BCUT2D eigenvalue weighted by molar-refractivity contribution is 0.479. The molecule has 7 aromatic carbocycles. The largest absolute Gasteiger partial charge is 0.457 e. The fraction of sp³-hybridized carbons (Fsp3) is 0.266. The first-order chi connectivity index (χ1) is 32.6. The lowest BCUT2D eigenvalue weighted by atomic mass is 9.80. The van der Waals surface area contributed by atoms with Gasteiger partial charge in [-0.3, -0.25) is 4.57 Å². The second-order valence-electron chi connectivity index (χ2n) is 22.9. The van der Waals surface area contributed by atoms with Crippen LogP contribution >= 0.6 is 0 Å². The van der Waals surface area contributed by atoms with E-state index in [2.05, 4.69) is 269 Å². The first-order valence-corrected chi connectivity index (χ1v) is 24.4. The molecule has 9 aromatic rings. The van der Waals surface area contributed by atoms with Crippen molar-refractivity contribution in [3.05, 3.63) is 192 Å². The summed E-state index contributed by atoms with van der Waals surface area (Å²) in [7, 11) is 2.17. The van der Waals surface area contributed by atoms with E-state index in [0.29, 0.717) is 0 Å². The summed E-state index contributed by atoms with van der Waals surface area (Å²) >= 11 is 0. The zero-order chi connectivity index (χ0) is 49.0. The summed E-state index contributed by atoms with van der Waals surface area (Å²) < 4.78 is 9.33. The minimum atomic E-state index is -0.157. The van der Waals surface area contributed by atoms with Gasteiger partial charge < -0.3 is 15.0 Å². The number of hydrogen-bond donors (Lipinski definition) is 1. The number of ether oxygens (including phenoxy) is 1. The third-order valence-electron chi connectivity index (χ3n) is 13.5. The highest BCUT2D eigenvalue weighted by Gasteiger charge is 2.25. The van der Waals surface area contributed by atoms with E-state index in [0.717, 1.165) is 67.6 Å². The number of pyridine rings is 1. The summed E-state index contributed by atoms with van der Waals surface area (Å²) in [4.78, 5) is 7.29. The van der Waals surface area contributed by atoms with Crippen molar-refractivity contribution >= 4 is 44.6 Å². The molecule has 0 fully saturated rings. The van der Waals surface area contributed by atoms with Gasteiger partial charge in [-0.1, -0.05) is 168 Å². The molecule has 0 aliphatic rings. The fourth-order valence-corrected chi connectivity index (χ4v) is 9.19. The van der Waals surface area contributed by atoms with Gasteiger partial charge in [-0.15, -0.1) is 0 Å². The highest BCUT2D eigenvalue weighted by Crippen LogP contribution is 2.45. The Kier molecular flexibility index (Phi) is 12.1. The van der Waals surface area contributed by atoms with Crippen LogP contribution in [0.2, 0.25) is 0 Å². The van der Waals surface area contributed by atoms with Gasteiger partial charge in [0.05, 0.1) is 22.4 Å². The van der Waals surface area contributed by atoms with E-state index in [1.54, 1.807) is 0 Å². The van der Waals surface area contributed by atoms with E-state index in [4.69, 9.17) is 9.72 Å². The van der Waals surface area contributed by atoms with Crippen molar-refractivity contribution < 1.29 is 4.74 Å². The molecule has 0 bridgehead atoms. The Bertz CT molecular complexity index is 3280. The summed E-state index contributed by atoms with van der Waals surface area (Å²) in [6.45, 7) is 27.3. The molecular formula is C64H68N4O. The Morgan fingerprint density at radius 3 is 1.72 bits per heavy atom. The van der Waals surface area contributed by atoms with Crippen LogP contribution in [0, 0.1) is 0 Å². The van der Waals surface area contributed by atoms with E-state index in [-0.39, 0.29) is 21.7 Å². The van der Waals surface area contributed by atoms with E-state index in [9.17, 15) is 0 Å². The smallest absolute Gasteiger partial charge is 0.137 e. The average Bonchev–Trinajstić information content (AvgIpc) is 3.63. The van der Waals surface area contributed by atoms with E-state index < -0.39 is 0 Å². The fourth-order valence-electron chi connectivity index (χ4n) is 9.19. The minimum Gasteiger partial charge on any atom is -0.457 e. The van der Waals surface area contributed by atoms with Crippen molar-refractivity contribution in [2.75, 3.05) is 17.3 Å². The molecule has 69 heavy (non-hydrogen) atoms. The quantitative estimate of drug-likeness (QED) is 0.157. The molecule has 0 saturated carbocycles. The van der Waals surface area contributed by atoms with Crippen molar-refractivity contribution in [3.63, 3.8) is 0 Å². The number of para-hydroxylation sites is 1. The van der Waals surface area contributed by atoms with Gasteiger partial charge in [0, 0.05) is 53.1 Å². The molecule has 350 valence electrons. The topological polar surface area (TPSA) is 42.3 Å². The van der Waals surface area contributed by atoms with Gasteiger partial charge in [-0.05, 0) is 127 Å². The zero-order valence-electron chi connectivity index (χ0n) is 42.9. The summed E-state index contributed by atoms with van der Waals surface area (Å²) in [5.74, 6) is 2.41. The summed E-state index contributed by atoms with van der Waals surface area (Å²) in [5, 5.41) is 6.31. The average molecular weight is 909 g/mol. The molecular weight excluding hydrogens is 841 g/mol. The normalized spacial score (nSPS) is 12.4. The number of benzene rings is 7. The molecule has 0 aliphatic carbocycles. The monoisotopic (exact) mass is 909 g/mol. The maximum Gasteiger partial charge on any atom is 0.137 e. The highest BCUT2D eigenvalue weighted by molar-refractivity contribution is 6.10. The summed E-state index contributed by atoms with van der Waals surface area (Å²) in [6, 6.07) is 59.2. The maximum atomic E-state index is 7.04. The lowest BCUT2D eigenvalue weighted by Crippen LogP contribution is -2.17. The number of fused-ring (bicyclic) bond motifs is 3. The van der Waals surface area contributed by atoms with Crippen LogP contribution in [-0.2, 0) is 21.7 Å². The predicted octanol–water partition coefficient (Wildman–Crippen LogP) is 18.0. The summed E-state index contributed by atoms with van der Waals surface area (Å²) in [6.07, 6.45) is 1.94. The zero-order valence-corrected chi connectivity index (χ0v) is 42.9. The third kappa shape index (κ3) is 9.79. The van der Waals surface area contributed by atoms with Gasteiger partial charge >= 0.3 is 0 Å². The number of aromatic nitrogens is 2. The van der Waals surface area contributed by atoms with Crippen molar-refractivity contribution in [3.8, 4) is 39.6 Å². The molecule has 0 spiro atoms. The second kappa shape index (κ2) is 17.8. The van der Waals surface area contributed by atoms with Crippen LogP contribution in [-0.4, -0.2) is 16.6 Å². The summed E-state index contributed by atoms with van der Waals surface area (Å²) in [5.41, 5.74) is 15.7. The molecule has 1 N–H and O–H groups in total. The standard InChI is InChI=1S/C64H68N4O/c1-61(2,3)45-31-32-65-59(39-45)68-56-30-27-44(42-21-16-14-17-22-42)33-55(56)54-29-28-51(41-58(54)68)69-52-38-48(64(10,11)12)37-50(40-52)67(13)57-26-20-25-53(43-23-18-15-19-24-43)60(57)66-49-35-46(62(4,5)6)34-47(36-49)63(7,8)9/h14-41,66H,1-13H3. The van der Waals surface area contributed by atoms with Gasteiger partial charge in [-0.25, -0.2) is 4.98 Å². The number of anilines is 4. The highest BCUT2D eigenvalue weighted by atomic mass is 16.5. The van der Waals surface area contributed by atoms with Crippen LogP contribution in [0.25, 0.3) is 49.9 Å². The Labute approximate surface area is 410 Å². The van der Waals surface area contributed by atoms with Crippen molar-refractivity contribution in [2.45, 2.75) is 105 Å². The molecule has 0 unspecified atom stereocenters. The van der Waals surface area contributed by atoms with Gasteiger partial charge in [0.2, 0.25) is 0 Å². The first-order valence-electron chi connectivity index (χ1n) is 24.4. The van der Waals surface area contributed by atoms with E-state index in [1.807, 2.05) is 6.20 Å². The molecule has 0 saturated heterocycles. The van der Waals surface area contributed by atoms with Crippen LogP contribution in [0.3, 0.4) is 0 Å². The molecule has 2 heterocycles. The van der Waals surface area contributed by atoms with Gasteiger partial charge in [0.1, 0.15) is 17.3 Å². The molecule has 2 aromatic heterocycles. The Hall–Kier alpha value is -7.11. The third-order valence-corrected chi connectivity index (χ3v) is 13.5. The minimum absolute atomic E-state index is 0.0265. The number of hydrogen-bond acceptors (Lipinski definition) is 4. The van der Waals surface area contributed by atoms with Gasteiger partial charge in [0.15, 0.2) is 0 Å². The van der Waals surface area contributed by atoms with Crippen molar-refractivity contribution in [2.24, 2.45) is 0 Å². The van der Waals surface area contributed by atoms with Crippen LogP contribution in [0.15, 0.2) is 170 Å². The molecule has 9 rings (SSSR count). The molecule has 0 aliphatic heterocycles. The molecule has 0 radical (unpaired) electrons.